The van der Waals surface area contributed by atoms with Crippen LogP contribution in [0.3, 0.4) is 0 Å². The van der Waals surface area contributed by atoms with Crippen molar-refractivity contribution in [3.05, 3.63) is 56.6 Å². The molecule has 0 radical (unpaired) electrons. The molecule has 4 aliphatic carbocycles. The maximum Gasteiger partial charge on any atom is 0.332 e. The van der Waals surface area contributed by atoms with Crippen LogP contribution in [-0.2, 0) is 71.4 Å². The maximum absolute atomic E-state index is 12.5. The van der Waals surface area contributed by atoms with Crippen LogP contribution in [0.4, 0.5) is 21.0 Å². The Morgan fingerprint density at radius 1 is 0.667 bits per heavy atom. The van der Waals surface area contributed by atoms with Crippen molar-refractivity contribution in [3.8, 4) is 0 Å². The Morgan fingerprint density at radius 2 is 1.09 bits per heavy atom. The quantitative estimate of drug-likeness (QED) is 0.165. The van der Waals surface area contributed by atoms with Crippen LogP contribution >= 0.6 is 0 Å². The fourth-order valence-corrected chi connectivity index (χ4v) is 10.2. The third kappa shape index (κ3) is 10.3. The molecule has 0 saturated carbocycles. The van der Waals surface area contributed by atoms with Gasteiger partial charge in [-0.2, -0.15) is 0 Å². The van der Waals surface area contributed by atoms with Gasteiger partial charge in [0.15, 0.2) is 0 Å². The Kier molecular flexibility index (Phi) is 14.1. The lowest BCUT2D eigenvalue weighted by Crippen LogP contribution is -2.41. The summed E-state index contributed by atoms with van der Waals surface area (Å²) in [4.78, 5) is 29.1. The highest BCUT2D eigenvalue weighted by Crippen LogP contribution is 2.40. The summed E-state index contributed by atoms with van der Waals surface area (Å²) in [6.07, 6.45) is 13.3. The number of benzene rings is 2. The van der Waals surface area contributed by atoms with Gasteiger partial charge in [0.25, 0.3) is 0 Å². The lowest BCUT2D eigenvalue weighted by atomic mass is 9.99. The molecule has 0 aromatic heterocycles. The standard InChI is InChI=1S/2C20H31N3O3S.4H2/c1-4-23(3)14(2)11-12-27(25,26)22-20(24)21-19-17-9-5-7-15(17)13-16-8-6-10-18(16)19;1-4-23(3)12-11-14(2)27(25,26)22-20(24)21-19-17-9-5-7-15(17)13-16-8-6-10-18(16)19;;;;/h2*13-14H,4-12H2,1-3H3,(H2,21,22,24);4*1H. The second-order valence-corrected chi connectivity index (χ2v) is 19.6. The fourth-order valence-electron chi connectivity index (χ4n) is 8.21. The minimum atomic E-state index is -3.70. The fraction of sp³-hybridized carbons (Fsp3) is 0.650. The van der Waals surface area contributed by atoms with Crippen LogP contribution in [0.1, 0.15) is 116 Å². The number of sulfonamides is 2. The summed E-state index contributed by atoms with van der Waals surface area (Å²) in [6, 6.07) is 3.45. The molecule has 2 aromatic carbocycles. The van der Waals surface area contributed by atoms with Gasteiger partial charge in [-0.25, -0.2) is 35.9 Å². The second kappa shape index (κ2) is 18.2. The van der Waals surface area contributed by atoms with E-state index < -0.39 is 37.4 Å². The zero-order valence-corrected chi connectivity index (χ0v) is 34.8. The van der Waals surface area contributed by atoms with Gasteiger partial charge in [0.2, 0.25) is 20.0 Å². The number of hydrogen-bond acceptors (Lipinski definition) is 8. The average Bonchev–Trinajstić information content (AvgIpc) is 3.96. The molecule has 0 fully saturated rings. The van der Waals surface area contributed by atoms with Gasteiger partial charge in [0.1, 0.15) is 0 Å². The lowest BCUT2D eigenvalue weighted by molar-refractivity contribution is 0.255. The van der Waals surface area contributed by atoms with Crippen LogP contribution in [-0.4, -0.2) is 89.5 Å². The van der Waals surface area contributed by atoms with Crippen molar-refractivity contribution >= 4 is 43.5 Å². The van der Waals surface area contributed by atoms with E-state index in [1.807, 2.05) is 34.9 Å². The largest absolute Gasteiger partial charge is 0.332 e. The average molecular weight is 795 g/mol. The van der Waals surface area contributed by atoms with Crippen LogP contribution in [0, 0.1) is 0 Å². The Balaban J connectivity index is 0.000000543. The van der Waals surface area contributed by atoms with Crippen molar-refractivity contribution in [2.45, 2.75) is 129 Å². The Morgan fingerprint density at radius 3 is 1.50 bits per heavy atom. The molecule has 2 aromatic rings. The van der Waals surface area contributed by atoms with E-state index in [-0.39, 0.29) is 17.5 Å². The molecule has 54 heavy (non-hydrogen) atoms. The topological polar surface area (TPSA) is 157 Å². The van der Waals surface area contributed by atoms with E-state index in [1.54, 1.807) is 6.92 Å². The minimum Gasteiger partial charge on any atom is -0.307 e. The molecule has 4 aliphatic rings. The molecular weight excluding hydrogens is 725 g/mol. The van der Waals surface area contributed by atoms with E-state index in [1.165, 1.54) is 44.5 Å². The highest BCUT2D eigenvalue weighted by molar-refractivity contribution is 7.90. The molecule has 0 saturated heterocycles. The van der Waals surface area contributed by atoms with E-state index in [2.05, 4.69) is 42.0 Å². The smallest absolute Gasteiger partial charge is 0.307 e. The van der Waals surface area contributed by atoms with Crippen LogP contribution < -0.4 is 20.1 Å². The van der Waals surface area contributed by atoms with Gasteiger partial charge in [0.05, 0.1) is 11.0 Å². The number of aryl methyl sites for hydroxylation is 4. The predicted octanol–water partition coefficient (Wildman–Crippen LogP) is 6.68. The molecule has 6 rings (SSSR count). The summed E-state index contributed by atoms with van der Waals surface area (Å²) >= 11 is 0. The molecule has 308 valence electrons. The van der Waals surface area contributed by atoms with Gasteiger partial charge < -0.3 is 20.4 Å². The first kappa shape index (κ1) is 42.0. The third-order valence-corrected chi connectivity index (χ3v) is 15.0. The SMILES string of the molecule is CCN(C)C(C)CCS(=O)(=O)NC(=O)Nc1c2c(cc3c1CCC3)CCC2.CCN(C)CCC(C)S(=O)(=O)NC(=O)Nc1c2c(cc3c1CCC3)CCC2.[HH].[HH].[HH].[HH]. The van der Waals surface area contributed by atoms with Gasteiger partial charge in [-0.05, 0) is 182 Å². The van der Waals surface area contributed by atoms with Crippen LogP contribution in [0.25, 0.3) is 0 Å². The number of carbonyl (C=O) groups is 2. The molecule has 2 atom stereocenters. The van der Waals surface area contributed by atoms with E-state index in [9.17, 15) is 26.4 Å². The third-order valence-electron chi connectivity index (χ3n) is 11.9. The number of nitrogens with zero attached hydrogens (tertiary/aromatic N) is 2. The highest BCUT2D eigenvalue weighted by Gasteiger charge is 2.29. The molecule has 14 heteroatoms. The van der Waals surface area contributed by atoms with E-state index in [0.717, 1.165) is 102 Å². The summed E-state index contributed by atoms with van der Waals surface area (Å²) < 4.78 is 54.1. The molecule has 0 heterocycles. The maximum atomic E-state index is 12.5. The first-order chi connectivity index (χ1) is 25.6. The number of amides is 4. The Labute approximate surface area is 329 Å². The van der Waals surface area contributed by atoms with E-state index in [0.29, 0.717) is 19.4 Å². The molecule has 12 nitrogen and oxygen atoms in total. The minimum absolute atomic E-state index is 0. The normalized spacial score (nSPS) is 16.9. The number of carbonyl (C=O) groups excluding carboxylic acids is 2. The zero-order valence-electron chi connectivity index (χ0n) is 33.2. The number of rotatable bonds is 14. The van der Waals surface area contributed by atoms with Crippen LogP contribution in [0.15, 0.2) is 12.1 Å². The van der Waals surface area contributed by atoms with Gasteiger partial charge in [-0.3, -0.25) is 0 Å². The van der Waals surface area contributed by atoms with Crippen molar-refractivity contribution in [1.29, 1.82) is 0 Å². The molecule has 2 unspecified atom stereocenters. The van der Waals surface area contributed by atoms with Gasteiger partial charge in [0, 0.05) is 23.1 Å². The molecule has 0 bridgehead atoms. The van der Waals surface area contributed by atoms with E-state index >= 15 is 0 Å². The molecular formula is C40H70N6O6S2. The molecule has 0 aliphatic heterocycles. The van der Waals surface area contributed by atoms with Crippen LogP contribution in [0.5, 0.6) is 0 Å². The van der Waals surface area contributed by atoms with Crippen molar-refractivity contribution in [2.75, 3.05) is 50.1 Å². The van der Waals surface area contributed by atoms with Gasteiger partial charge >= 0.3 is 12.1 Å². The molecule has 4 amide bonds. The second-order valence-electron chi connectivity index (χ2n) is 15.7. The van der Waals surface area contributed by atoms with Crippen molar-refractivity contribution in [2.24, 2.45) is 0 Å². The number of nitrogens with one attached hydrogen (secondary N) is 4. The predicted molar refractivity (Wildman–Crippen MR) is 226 cm³/mol. The number of hydrogen-bond donors (Lipinski definition) is 4. The van der Waals surface area contributed by atoms with E-state index in [4.69, 9.17) is 0 Å². The Bertz CT molecular complexity index is 1870. The lowest BCUT2D eigenvalue weighted by Gasteiger charge is -2.22. The number of anilines is 2. The highest BCUT2D eigenvalue weighted by atomic mass is 32.2. The first-order valence-electron chi connectivity index (χ1n) is 20.0. The number of fused-ring (bicyclic) bond motifs is 4. The van der Waals surface area contributed by atoms with Crippen molar-refractivity contribution in [3.63, 3.8) is 0 Å². The molecule has 4 N–H and O–H groups in total. The summed E-state index contributed by atoms with van der Waals surface area (Å²) in [5, 5.41) is 5.15. The zero-order chi connectivity index (χ0) is 39.2. The molecule has 0 spiro atoms. The van der Waals surface area contributed by atoms with Crippen molar-refractivity contribution < 1.29 is 32.1 Å². The first-order valence-corrected chi connectivity index (χ1v) is 23.2. The van der Waals surface area contributed by atoms with Gasteiger partial charge in [-0.15, -0.1) is 0 Å². The van der Waals surface area contributed by atoms with Gasteiger partial charge in [-0.1, -0.05) is 26.0 Å². The van der Waals surface area contributed by atoms with Crippen molar-refractivity contribution in [1.82, 2.24) is 19.2 Å². The Hall–Kier alpha value is -3.20. The summed E-state index contributed by atoms with van der Waals surface area (Å²) in [5.74, 6) is -0.0586. The number of urea groups is 2. The summed E-state index contributed by atoms with van der Waals surface area (Å²) in [6.45, 7) is 10.1. The summed E-state index contributed by atoms with van der Waals surface area (Å²) in [5.41, 5.74) is 11.8. The summed E-state index contributed by atoms with van der Waals surface area (Å²) in [7, 11) is -3.43. The van der Waals surface area contributed by atoms with Crippen LogP contribution in [0.2, 0.25) is 0 Å². The monoisotopic (exact) mass is 794 g/mol.